The highest BCUT2D eigenvalue weighted by Crippen LogP contribution is 2.29. The van der Waals surface area contributed by atoms with Gasteiger partial charge in [-0.25, -0.2) is 0 Å². The van der Waals surface area contributed by atoms with Gasteiger partial charge in [-0.15, -0.1) is 0 Å². The molecule has 1 aliphatic carbocycles. The second-order valence-corrected chi connectivity index (χ2v) is 5.90. The van der Waals surface area contributed by atoms with E-state index in [2.05, 4.69) is 43.4 Å². The van der Waals surface area contributed by atoms with Gasteiger partial charge in [0.05, 0.1) is 6.61 Å². The number of hydrogen-bond acceptors (Lipinski definition) is 2. The molecule has 0 aliphatic heterocycles. The van der Waals surface area contributed by atoms with Crippen molar-refractivity contribution in [1.82, 2.24) is 5.32 Å². The van der Waals surface area contributed by atoms with Crippen molar-refractivity contribution < 1.29 is 5.11 Å². The number of aliphatic hydroxyl groups is 1. The van der Waals surface area contributed by atoms with Crippen molar-refractivity contribution >= 4 is 0 Å². The molecule has 0 heterocycles. The normalized spacial score (nSPS) is 18.4. The van der Waals surface area contributed by atoms with Gasteiger partial charge < -0.3 is 10.4 Å². The third kappa shape index (κ3) is 3.12. The van der Waals surface area contributed by atoms with Gasteiger partial charge in [-0.1, -0.05) is 51.0 Å². The fourth-order valence-corrected chi connectivity index (χ4v) is 2.75. The standard InChI is InChI=1S/C16H25NO/c1-13(2)15-7-5-14(6-8-15)11-17-16(12-18)9-3-4-10-16/h5-8,13,17-18H,3-4,9-12H2,1-2H3. The highest BCUT2D eigenvalue weighted by Gasteiger charge is 2.32. The zero-order chi connectivity index (χ0) is 13.0. The average molecular weight is 247 g/mol. The predicted molar refractivity (Wildman–Crippen MR) is 75.7 cm³/mol. The Kier molecular flexibility index (Phi) is 4.41. The van der Waals surface area contributed by atoms with Crippen LogP contribution in [-0.4, -0.2) is 17.3 Å². The largest absolute Gasteiger partial charge is 0.394 e. The van der Waals surface area contributed by atoms with Crippen molar-refractivity contribution in [3.05, 3.63) is 35.4 Å². The minimum absolute atomic E-state index is 0.0171. The smallest absolute Gasteiger partial charge is 0.0613 e. The van der Waals surface area contributed by atoms with Crippen LogP contribution in [0.15, 0.2) is 24.3 Å². The molecule has 0 aromatic heterocycles. The van der Waals surface area contributed by atoms with E-state index in [0.717, 1.165) is 19.4 Å². The van der Waals surface area contributed by atoms with Gasteiger partial charge in [0.1, 0.15) is 0 Å². The lowest BCUT2D eigenvalue weighted by Crippen LogP contribution is -2.45. The summed E-state index contributed by atoms with van der Waals surface area (Å²) >= 11 is 0. The molecule has 1 aromatic carbocycles. The van der Waals surface area contributed by atoms with E-state index in [1.54, 1.807) is 0 Å². The second-order valence-electron chi connectivity index (χ2n) is 5.90. The fraction of sp³-hybridized carbons (Fsp3) is 0.625. The Labute approximate surface area is 110 Å². The lowest BCUT2D eigenvalue weighted by atomic mass is 9.97. The summed E-state index contributed by atoms with van der Waals surface area (Å²) in [6, 6.07) is 8.81. The summed E-state index contributed by atoms with van der Waals surface area (Å²) in [5.74, 6) is 0.589. The first-order chi connectivity index (χ1) is 8.65. The van der Waals surface area contributed by atoms with Crippen LogP contribution in [0.3, 0.4) is 0 Å². The fourth-order valence-electron chi connectivity index (χ4n) is 2.75. The Morgan fingerprint density at radius 3 is 2.28 bits per heavy atom. The van der Waals surface area contributed by atoms with Crippen LogP contribution in [0, 0.1) is 0 Å². The summed E-state index contributed by atoms with van der Waals surface area (Å²) < 4.78 is 0. The molecule has 0 radical (unpaired) electrons. The number of nitrogens with one attached hydrogen (secondary N) is 1. The highest BCUT2D eigenvalue weighted by molar-refractivity contribution is 5.24. The van der Waals surface area contributed by atoms with Crippen LogP contribution >= 0.6 is 0 Å². The van der Waals surface area contributed by atoms with Crippen molar-refractivity contribution in [3.8, 4) is 0 Å². The topological polar surface area (TPSA) is 32.3 Å². The molecule has 0 amide bonds. The van der Waals surface area contributed by atoms with Gasteiger partial charge in [-0.05, 0) is 29.9 Å². The molecule has 2 heteroatoms. The van der Waals surface area contributed by atoms with E-state index < -0.39 is 0 Å². The maximum absolute atomic E-state index is 9.55. The molecule has 0 unspecified atom stereocenters. The lowest BCUT2D eigenvalue weighted by molar-refractivity contribution is 0.163. The summed E-state index contributed by atoms with van der Waals surface area (Å²) in [6.45, 7) is 5.55. The summed E-state index contributed by atoms with van der Waals surface area (Å²) in [6.07, 6.45) is 4.68. The Hall–Kier alpha value is -0.860. The van der Waals surface area contributed by atoms with Crippen LogP contribution in [0.5, 0.6) is 0 Å². The average Bonchev–Trinajstić information content (AvgIpc) is 2.86. The first-order valence-corrected chi connectivity index (χ1v) is 7.10. The summed E-state index contributed by atoms with van der Waals surface area (Å²) in [7, 11) is 0. The Balaban J connectivity index is 1.93. The predicted octanol–water partition coefficient (Wildman–Crippen LogP) is 3.20. The molecule has 18 heavy (non-hydrogen) atoms. The van der Waals surface area contributed by atoms with E-state index >= 15 is 0 Å². The van der Waals surface area contributed by atoms with Crippen LogP contribution in [0.25, 0.3) is 0 Å². The summed E-state index contributed by atoms with van der Waals surface area (Å²) in [5, 5.41) is 13.1. The van der Waals surface area contributed by atoms with Gasteiger partial charge in [0.25, 0.3) is 0 Å². The third-order valence-corrected chi connectivity index (χ3v) is 4.18. The Morgan fingerprint density at radius 1 is 1.17 bits per heavy atom. The van der Waals surface area contributed by atoms with Crippen molar-refractivity contribution in [2.24, 2.45) is 0 Å². The number of rotatable bonds is 5. The van der Waals surface area contributed by atoms with E-state index in [1.165, 1.54) is 24.0 Å². The number of benzene rings is 1. The number of aliphatic hydroxyl groups excluding tert-OH is 1. The zero-order valence-corrected chi connectivity index (χ0v) is 11.6. The van der Waals surface area contributed by atoms with Gasteiger partial charge in [0, 0.05) is 12.1 Å². The van der Waals surface area contributed by atoms with E-state index in [9.17, 15) is 5.11 Å². The SMILES string of the molecule is CC(C)c1ccc(CNC2(CO)CCCC2)cc1. The second kappa shape index (κ2) is 5.85. The van der Waals surface area contributed by atoms with Crippen molar-refractivity contribution in [1.29, 1.82) is 0 Å². The summed E-state index contributed by atoms with van der Waals surface area (Å²) in [4.78, 5) is 0. The van der Waals surface area contributed by atoms with Crippen LogP contribution in [0.2, 0.25) is 0 Å². The van der Waals surface area contributed by atoms with Gasteiger partial charge >= 0.3 is 0 Å². The molecule has 1 aliphatic rings. The molecule has 0 bridgehead atoms. The Bertz CT molecular complexity index is 363. The molecule has 1 saturated carbocycles. The van der Waals surface area contributed by atoms with Gasteiger partial charge in [0.15, 0.2) is 0 Å². The highest BCUT2D eigenvalue weighted by atomic mass is 16.3. The van der Waals surface area contributed by atoms with Gasteiger partial charge in [-0.2, -0.15) is 0 Å². The minimum Gasteiger partial charge on any atom is -0.394 e. The first-order valence-electron chi connectivity index (χ1n) is 7.10. The third-order valence-electron chi connectivity index (χ3n) is 4.18. The molecule has 1 fully saturated rings. The van der Waals surface area contributed by atoms with E-state index in [4.69, 9.17) is 0 Å². The van der Waals surface area contributed by atoms with Crippen LogP contribution in [0.1, 0.15) is 56.6 Å². The molecule has 0 saturated heterocycles. The minimum atomic E-state index is -0.0171. The maximum atomic E-state index is 9.55. The quantitative estimate of drug-likeness (QED) is 0.837. The van der Waals surface area contributed by atoms with Crippen LogP contribution in [0.4, 0.5) is 0 Å². The van der Waals surface area contributed by atoms with E-state index in [1.807, 2.05) is 0 Å². The first kappa shape index (κ1) is 13.6. The molecular formula is C16H25NO. The monoisotopic (exact) mass is 247 g/mol. The molecule has 2 rings (SSSR count). The zero-order valence-electron chi connectivity index (χ0n) is 11.6. The van der Waals surface area contributed by atoms with Crippen molar-refractivity contribution in [3.63, 3.8) is 0 Å². The molecular weight excluding hydrogens is 222 g/mol. The lowest BCUT2D eigenvalue weighted by Gasteiger charge is -2.28. The molecule has 0 atom stereocenters. The molecule has 1 aromatic rings. The van der Waals surface area contributed by atoms with Crippen LogP contribution in [-0.2, 0) is 6.54 Å². The molecule has 2 N–H and O–H groups in total. The van der Waals surface area contributed by atoms with Gasteiger partial charge in [-0.3, -0.25) is 0 Å². The van der Waals surface area contributed by atoms with Crippen molar-refractivity contribution in [2.45, 2.75) is 57.5 Å². The van der Waals surface area contributed by atoms with Gasteiger partial charge in [0.2, 0.25) is 0 Å². The Morgan fingerprint density at radius 2 is 1.78 bits per heavy atom. The maximum Gasteiger partial charge on any atom is 0.0613 e. The number of hydrogen-bond donors (Lipinski definition) is 2. The van der Waals surface area contributed by atoms with E-state index in [-0.39, 0.29) is 12.1 Å². The summed E-state index contributed by atoms with van der Waals surface area (Å²) in [5.41, 5.74) is 2.67. The molecule has 2 nitrogen and oxygen atoms in total. The van der Waals surface area contributed by atoms with Crippen LogP contribution < -0.4 is 5.32 Å². The molecule has 0 spiro atoms. The molecule has 100 valence electrons. The van der Waals surface area contributed by atoms with E-state index in [0.29, 0.717) is 5.92 Å². The van der Waals surface area contributed by atoms with Crippen molar-refractivity contribution in [2.75, 3.05) is 6.61 Å².